The minimum atomic E-state index is -0.301. The summed E-state index contributed by atoms with van der Waals surface area (Å²) < 4.78 is 12.9. The Balaban J connectivity index is 1.74. The molecule has 1 aliphatic heterocycles. The minimum absolute atomic E-state index is 0.0278. The zero-order valence-corrected chi connectivity index (χ0v) is 12.1. The highest BCUT2D eigenvalue weighted by molar-refractivity contribution is 5.94. The molecule has 0 aromatic heterocycles. The third kappa shape index (κ3) is 2.57. The maximum atomic E-state index is 12.9. The maximum Gasteiger partial charge on any atom is 0.253 e. The molecule has 3 nitrogen and oxygen atoms in total. The molecule has 2 aliphatic rings. The number of carbonyl (C=O) groups is 1. The lowest BCUT2D eigenvalue weighted by atomic mass is 9.97. The summed E-state index contributed by atoms with van der Waals surface area (Å²) in [7, 11) is 4.18. The summed E-state index contributed by atoms with van der Waals surface area (Å²) in [4.78, 5) is 16.7. The van der Waals surface area contributed by atoms with Gasteiger partial charge in [-0.25, -0.2) is 4.39 Å². The first kappa shape index (κ1) is 13.6. The molecule has 1 aromatic carbocycles. The van der Waals surface area contributed by atoms with Crippen LogP contribution in [0.4, 0.5) is 4.39 Å². The molecule has 1 saturated heterocycles. The number of benzene rings is 1. The summed E-state index contributed by atoms with van der Waals surface area (Å²) in [6.07, 6.45) is 2.60. The van der Waals surface area contributed by atoms with Gasteiger partial charge in [0.05, 0.1) is 0 Å². The van der Waals surface area contributed by atoms with Gasteiger partial charge in [-0.1, -0.05) is 0 Å². The molecule has 0 radical (unpaired) electrons. The largest absolute Gasteiger partial charge is 0.337 e. The van der Waals surface area contributed by atoms with Gasteiger partial charge >= 0.3 is 0 Å². The molecule has 1 aromatic rings. The molecule has 0 bridgehead atoms. The number of hydrogen-bond acceptors (Lipinski definition) is 2. The first-order chi connectivity index (χ1) is 9.56. The van der Waals surface area contributed by atoms with E-state index in [9.17, 15) is 9.18 Å². The highest BCUT2D eigenvalue weighted by Crippen LogP contribution is 2.42. The minimum Gasteiger partial charge on any atom is -0.337 e. The Morgan fingerprint density at radius 1 is 1.20 bits per heavy atom. The van der Waals surface area contributed by atoms with Crippen LogP contribution in [0.5, 0.6) is 0 Å². The second kappa shape index (κ2) is 5.17. The van der Waals surface area contributed by atoms with Gasteiger partial charge in [0.1, 0.15) is 5.82 Å². The average Bonchev–Trinajstić information content (AvgIpc) is 3.17. The SMILES string of the molecule is CN(C)[C@H]1CN(C(=O)c2ccc(F)cc2)C[C@@H]1C1CC1. The molecule has 2 atom stereocenters. The molecule has 1 heterocycles. The van der Waals surface area contributed by atoms with Crippen molar-refractivity contribution in [3.05, 3.63) is 35.6 Å². The molecule has 1 aliphatic carbocycles. The quantitative estimate of drug-likeness (QED) is 0.845. The van der Waals surface area contributed by atoms with E-state index in [1.807, 2.05) is 4.90 Å². The van der Waals surface area contributed by atoms with Crippen LogP contribution in [0.3, 0.4) is 0 Å². The van der Waals surface area contributed by atoms with Crippen LogP contribution in [0.15, 0.2) is 24.3 Å². The Morgan fingerprint density at radius 3 is 2.40 bits per heavy atom. The zero-order chi connectivity index (χ0) is 14.3. The van der Waals surface area contributed by atoms with E-state index in [1.165, 1.54) is 25.0 Å². The molecule has 3 rings (SSSR count). The second-order valence-electron chi connectivity index (χ2n) is 6.25. The van der Waals surface area contributed by atoms with Crippen molar-refractivity contribution in [2.24, 2.45) is 11.8 Å². The van der Waals surface area contributed by atoms with Crippen molar-refractivity contribution < 1.29 is 9.18 Å². The zero-order valence-electron chi connectivity index (χ0n) is 12.1. The lowest BCUT2D eigenvalue weighted by Gasteiger charge is -2.24. The van der Waals surface area contributed by atoms with Gasteiger partial charge < -0.3 is 9.80 Å². The number of likely N-dealkylation sites (tertiary alicyclic amines) is 1. The van der Waals surface area contributed by atoms with Gasteiger partial charge in [-0.05, 0) is 63.0 Å². The first-order valence-corrected chi connectivity index (χ1v) is 7.27. The van der Waals surface area contributed by atoms with Gasteiger partial charge in [-0.3, -0.25) is 4.79 Å². The summed E-state index contributed by atoms with van der Waals surface area (Å²) in [6.45, 7) is 1.62. The lowest BCUT2D eigenvalue weighted by Crippen LogP contribution is -2.36. The number of rotatable bonds is 3. The molecule has 0 N–H and O–H groups in total. The molecule has 1 saturated carbocycles. The fraction of sp³-hybridized carbons (Fsp3) is 0.562. The van der Waals surface area contributed by atoms with Crippen molar-refractivity contribution in [3.63, 3.8) is 0 Å². The van der Waals surface area contributed by atoms with Crippen molar-refractivity contribution >= 4 is 5.91 Å². The number of carbonyl (C=O) groups excluding carboxylic acids is 1. The van der Waals surface area contributed by atoms with Crippen LogP contribution in [0.2, 0.25) is 0 Å². The Morgan fingerprint density at radius 2 is 1.85 bits per heavy atom. The Bertz CT molecular complexity index is 486. The second-order valence-corrected chi connectivity index (χ2v) is 6.25. The molecular formula is C16H21FN2O. The molecular weight excluding hydrogens is 255 g/mol. The van der Waals surface area contributed by atoms with E-state index in [2.05, 4.69) is 19.0 Å². The van der Waals surface area contributed by atoms with Crippen LogP contribution in [0, 0.1) is 17.7 Å². The van der Waals surface area contributed by atoms with Crippen molar-refractivity contribution in [2.45, 2.75) is 18.9 Å². The number of likely N-dealkylation sites (N-methyl/N-ethyl adjacent to an activating group) is 1. The highest BCUT2D eigenvalue weighted by atomic mass is 19.1. The van der Waals surface area contributed by atoms with Crippen LogP contribution in [0.25, 0.3) is 0 Å². The van der Waals surface area contributed by atoms with E-state index >= 15 is 0 Å². The van der Waals surface area contributed by atoms with Gasteiger partial charge in [0.2, 0.25) is 0 Å². The maximum absolute atomic E-state index is 12.9. The Hall–Kier alpha value is -1.42. The van der Waals surface area contributed by atoms with E-state index < -0.39 is 0 Å². The van der Waals surface area contributed by atoms with Gasteiger partial charge in [0, 0.05) is 24.7 Å². The lowest BCUT2D eigenvalue weighted by molar-refractivity contribution is 0.0780. The molecule has 2 fully saturated rings. The number of nitrogens with zero attached hydrogens (tertiary/aromatic N) is 2. The van der Waals surface area contributed by atoms with E-state index in [1.54, 1.807) is 12.1 Å². The Labute approximate surface area is 119 Å². The fourth-order valence-corrected chi connectivity index (χ4v) is 3.29. The Kier molecular flexibility index (Phi) is 3.50. The van der Waals surface area contributed by atoms with Gasteiger partial charge in [-0.2, -0.15) is 0 Å². The fourth-order valence-electron chi connectivity index (χ4n) is 3.29. The number of amides is 1. The van der Waals surface area contributed by atoms with Crippen molar-refractivity contribution in [1.29, 1.82) is 0 Å². The molecule has 0 spiro atoms. The monoisotopic (exact) mass is 276 g/mol. The number of halogens is 1. The summed E-state index contributed by atoms with van der Waals surface area (Å²) >= 11 is 0. The van der Waals surface area contributed by atoms with Gasteiger partial charge in [0.25, 0.3) is 5.91 Å². The normalized spacial score (nSPS) is 26.3. The summed E-state index contributed by atoms with van der Waals surface area (Å²) in [5.41, 5.74) is 0.584. The van der Waals surface area contributed by atoms with Crippen molar-refractivity contribution in [1.82, 2.24) is 9.80 Å². The van der Waals surface area contributed by atoms with Gasteiger partial charge in [0.15, 0.2) is 0 Å². The van der Waals surface area contributed by atoms with Crippen LogP contribution < -0.4 is 0 Å². The molecule has 108 valence electrons. The molecule has 0 unspecified atom stereocenters. The predicted molar refractivity (Wildman–Crippen MR) is 76.0 cm³/mol. The van der Waals surface area contributed by atoms with Crippen LogP contribution in [0.1, 0.15) is 23.2 Å². The average molecular weight is 276 g/mol. The van der Waals surface area contributed by atoms with Crippen molar-refractivity contribution in [3.8, 4) is 0 Å². The van der Waals surface area contributed by atoms with E-state index in [4.69, 9.17) is 0 Å². The highest BCUT2D eigenvalue weighted by Gasteiger charge is 2.44. The summed E-state index contributed by atoms with van der Waals surface area (Å²) in [6, 6.07) is 6.31. The first-order valence-electron chi connectivity index (χ1n) is 7.27. The third-order valence-electron chi connectivity index (χ3n) is 4.60. The van der Waals surface area contributed by atoms with Crippen LogP contribution in [-0.4, -0.2) is 48.9 Å². The van der Waals surface area contributed by atoms with Crippen LogP contribution >= 0.6 is 0 Å². The summed E-state index contributed by atoms with van der Waals surface area (Å²) in [5.74, 6) is 1.10. The van der Waals surface area contributed by atoms with Gasteiger partial charge in [-0.15, -0.1) is 0 Å². The van der Waals surface area contributed by atoms with Crippen molar-refractivity contribution in [2.75, 3.05) is 27.2 Å². The predicted octanol–water partition coefficient (Wildman–Crippen LogP) is 2.24. The van der Waals surface area contributed by atoms with E-state index in [0.717, 1.165) is 19.0 Å². The summed E-state index contributed by atoms with van der Waals surface area (Å²) in [5, 5.41) is 0. The topological polar surface area (TPSA) is 23.6 Å². The van der Waals surface area contributed by atoms with E-state index in [-0.39, 0.29) is 11.7 Å². The third-order valence-corrected chi connectivity index (χ3v) is 4.60. The molecule has 1 amide bonds. The smallest absolute Gasteiger partial charge is 0.253 e. The van der Waals surface area contributed by atoms with Crippen LogP contribution in [-0.2, 0) is 0 Å². The standard InChI is InChI=1S/C16H21FN2O/c1-18(2)15-10-19(9-14(15)11-3-4-11)16(20)12-5-7-13(17)8-6-12/h5-8,11,14-15H,3-4,9-10H2,1-2H3/t14-,15+/m1/s1. The van der Waals surface area contributed by atoms with E-state index in [0.29, 0.717) is 17.5 Å². The number of hydrogen-bond donors (Lipinski definition) is 0. The molecule has 4 heteroatoms. The molecule has 20 heavy (non-hydrogen) atoms.